The maximum absolute atomic E-state index is 13.0. The number of hydrogen-bond acceptors (Lipinski definition) is 3. The Bertz CT molecular complexity index is 895. The highest BCUT2D eigenvalue weighted by atomic mass is 16.2. The molecule has 0 unspecified atom stereocenters. The first-order valence-corrected chi connectivity index (χ1v) is 8.91. The molecule has 0 radical (unpaired) electrons. The van der Waals surface area contributed by atoms with Crippen LogP contribution < -0.4 is 4.90 Å². The lowest BCUT2D eigenvalue weighted by molar-refractivity contribution is 0.0738. The average molecular weight is 346 g/mol. The molecule has 5 nitrogen and oxygen atoms in total. The molecule has 0 aliphatic carbocycles. The number of piperazine rings is 1. The molecule has 0 N–H and O–H groups in total. The Kier molecular flexibility index (Phi) is 4.44. The standard InChI is InChI=1S/C21H22N4O/c1-17-6-5-9-19(14-17)23-10-12-24(13-11-23)21(26)20-15-22-16-25(20)18-7-3-2-4-8-18/h2-9,14-16H,10-13H2,1H3. The van der Waals surface area contributed by atoms with E-state index in [2.05, 4.69) is 41.1 Å². The number of hydrogen-bond donors (Lipinski definition) is 0. The molecule has 2 heterocycles. The highest BCUT2D eigenvalue weighted by molar-refractivity contribution is 5.93. The van der Waals surface area contributed by atoms with E-state index in [-0.39, 0.29) is 5.91 Å². The van der Waals surface area contributed by atoms with Crippen LogP contribution in [0.4, 0.5) is 5.69 Å². The van der Waals surface area contributed by atoms with Crippen molar-refractivity contribution >= 4 is 11.6 Å². The molecule has 1 amide bonds. The third-order valence-corrected chi connectivity index (χ3v) is 4.83. The molecule has 5 heteroatoms. The third kappa shape index (κ3) is 3.20. The van der Waals surface area contributed by atoms with E-state index in [0.29, 0.717) is 18.8 Å². The van der Waals surface area contributed by atoms with Crippen LogP contribution in [0.25, 0.3) is 5.69 Å². The van der Waals surface area contributed by atoms with Crippen LogP contribution in [0.1, 0.15) is 16.1 Å². The van der Waals surface area contributed by atoms with Crippen molar-refractivity contribution < 1.29 is 4.79 Å². The van der Waals surface area contributed by atoms with Crippen LogP contribution in [0.3, 0.4) is 0 Å². The Balaban J connectivity index is 1.47. The summed E-state index contributed by atoms with van der Waals surface area (Å²) in [4.78, 5) is 21.4. The van der Waals surface area contributed by atoms with Crippen LogP contribution in [-0.2, 0) is 0 Å². The minimum absolute atomic E-state index is 0.0373. The highest BCUT2D eigenvalue weighted by Crippen LogP contribution is 2.19. The van der Waals surface area contributed by atoms with Crippen molar-refractivity contribution in [3.05, 3.63) is 78.4 Å². The topological polar surface area (TPSA) is 41.4 Å². The van der Waals surface area contributed by atoms with Crippen LogP contribution in [0.2, 0.25) is 0 Å². The first-order valence-electron chi connectivity index (χ1n) is 8.91. The molecule has 0 bridgehead atoms. The van der Waals surface area contributed by atoms with Crippen molar-refractivity contribution in [1.29, 1.82) is 0 Å². The van der Waals surface area contributed by atoms with Gasteiger partial charge in [0.1, 0.15) is 5.69 Å². The fraction of sp³-hybridized carbons (Fsp3) is 0.238. The van der Waals surface area contributed by atoms with Gasteiger partial charge in [-0.05, 0) is 36.8 Å². The van der Waals surface area contributed by atoms with Crippen molar-refractivity contribution in [3.8, 4) is 5.69 Å². The number of rotatable bonds is 3. The number of para-hydroxylation sites is 1. The molecule has 1 saturated heterocycles. The second-order valence-corrected chi connectivity index (χ2v) is 6.60. The number of imidazole rings is 1. The van der Waals surface area contributed by atoms with Gasteiger partial charge in [0.2, 0.25) is 0 Å². The number of aromatic nitrogens is 2. The summed E-state index contributed by atoms with van der Waals surface area (Å²) in [5.41, 5.74) is 4.05. The predicted octanol–water partition coefficient (Wildman–Crippen LogP) is 3.14. The minimum Gasteiger partial charge on any atom is -0.368 e. The molecule has 1 aliphatic rings. The predicted molar refractivity (Wildman–Crippen MR) is 103 cm³/mol. The second kappa shape index (κ2) is 7.04. The molecule has 4 rings (SSSR count). The van der Waals surface area contributed by atoms with Crippen LogP contribution in [0.5, 0.6) is 0 Å². The van der Waals surface area contributed by atoms with Crippen LogP contribution in [0, 0.1) is 6.92 Å². The first kappa shape index (κ1) is 16.4. The number of carbonyl (C=O) groups excluding carboxylic acids is 1. The van der Waals surface area contributed by atoms with Gasteiger partial charge < -0.3 is 9.80 Å². The lowest BCUT2D eigenvalue weighted by Gasteiger charge is -2.36. The number of benzene rings is 2. The van der Waals surface area contributed by atoms with Crippen molar-refractivity contribution in [2.45, 2.75) is 6.92 Å². The summed E-state index contributed by atoms with van der Waals surface area (Å²) in [7, 11) is 0. The average Bonchev–Trinajstić information content (AvgIpc) is 3.18. The third-order valence-electron chi connectivity index (χ3n) is 4.83. The van der Waals surface area contributed by atoms with E-state index < -0.39 is 0 Å². The molecule has 132 valence electrons. The summed E-state index contributed by atoms with van der Waals surface area (Å²) >= 11 is 0. The van der Waals surface area contributed by atoms with E-state index in [1.54, 1.807) is 12.5 Å². The van der Waals surface area contributed by atoms with E-state index in [0.717, 1.165) is 18.8 Å². The number of anilines is 1. The first-order chi connectivity index (χ1) is 12.7. The quantitative estimate of drug-likeness (QED) is 0.732. The van der Waals surface area contributed by atoms with Gasteiger partial charge in [0.05, 0.1) is 12.5 Å². The van der Waals surface area contributed by atoms with Gasteiger partial charge in [-0.1, -0.05) is 30.3 Å². The molecule has 0 atom stereocenters. The second-order valence-electron chi connectivity index (χ2n) is 6.60. The van der Waals surface area contributed by atoms with Crippen LogP contribution >= 0.6 is 0 Å². The molecule has 1 aromatic heterocycles. The van der Waals surface area contributed by atoms with Gasteiger partial charge in [-0.25, -0.2) is 4.98 Å². The molecule has 0 spiro atoms. The van der Waals surface area contributed by atoms with E-state index >= 15 is 0 Å². The zero-order chi connectivity index (χ0) is 17.9. The largest absolute Gasteiger partial charge is 0.368 e. The highest BCUT2D eigenvalue weighted by Gasteiger charge is 2.24. The van der Waals surface area contributed by atoms with Crippen LogP contribution in [-0.4, -0.2) is 46.5 Å². The number of aryl methyl sites for hydroxylation is 1. The van der Waals surface area contributed by atoms with Crippen molar-refractivity contribution in [2.75, 3.05) is 31.1 Å². The van der Waals surface area contributed by atoms with Gasteiger partial charge in [0.25, 0.3) is 5.91 Å². The summed E-state index contributed by atoms with van der Waals surface area (Å²) in [6.07, 6.45) is 3.35. The summed E-state index contributed by atoms with van der Waals surface area (Å²) in [6, 6.07) is 18.4. The van der Waals surface area contributed by atoms with E-state index in [4.69, 9.17) is 0 Å². The Morgan fingerprint density at radius 2 is 1.65 bits per heavy atom. The van der Waals surface area contributed by atoms with Crippen LogP contribution in [0.15, 0.2) is 67.1 Å². The molecule has 26 heavy (non-hydrogen) atoms. The zero-order valence-corrected chi connectivity index (χ0v) is 14.9. The SMILES string of the molecule is Cc1cccc(N2CCN(C(=O)c3cncn3-c3ccccc3)CC2)c1. The monoisotopic (exact) mass is 346 g/mol. The number of carbonyl (C=O) groups is 1. The molecule has 3 aromatic rings. The van der Waals surface area contributed by atoms with E-state index in [1.165, 1.54) is 11.3 Å². The molecule has 1 aliphatic heterocycles. The fourth-order valence-electron chi connectivity index (χ4n) is 3.40. The van der Waals surface area contributed by atoms with Gasteiger partial charge in [0, 0.05) is 37.6 Å². The van der Waals surface area contributed by atoms with Gasteiger partial charge in [-0.2, -0.15) is 0 Å². The smallest absolute Gasteiger partial charge is 0.272 e. The Morgan fingerprint density at radius 1 is 0.923 bits per heavy atom. The van der Waals surface area contributed by atoms with Gasteiger partial charge in [-0.15, -0.1) is 0 Å². The maximum atomic E-state index is 13.0. The van der Waals surface area contributed by atoms with Crippen molar-refractivity contribution in [3.63, 3.8) is 0 Å². The summed E-state index contributed by atoms with van der Waals surface area (Å²) < 4.78 is 1.86. The Morgan fingerprint density at radius 3 is 2.38 bits per heavy atom. The number of amides is 1. The lowest BCUT2D eigenvalue weighted by Crippen LogP contribution is -2.49. The van der Waals surface area contributed by atoms with E-state index in [9.17, 15) is 4.79 Å². The lowest BCUT2D eigenvalue weighted by atomic mass is 10.2. The van der Waals surface area contributed by atoms with Crippen molar-refractivity contribution in [2.24, 2.45) is 0 Å². The molecular weight excluding hydrogens is 324 g/mol. The minimum atomic E-state index is 0.0373. The Labute approximate surface area is 153 Å². The fourth-order valence-corrected chi connectivity index (χ4v) is 3.40. The van der Waals surface area contributed by atoms with Gasteiger partial charge >= 0.3 is 0 Å². The van der Waals surface area contributed by atoms with Gasteiger partial charge in [0.15, 0.2) is 0 Å². The Hall–Kier alpha value is -3.08. The summed E-state index contributed by atoms with van der Waals surface area (Å²) in [6.45, 7) is 5.22. The maximum Gasteiger partial charge on any atom is 0.272 e. The summed E-state index contributed by atoms with van der Waals surface area (Å²) in [5.74, 6) is 0.0373. The normalized spacial score (nSPS) is 14.5. The summed E-state index contributed by atoms with van der Waals surface area (Å²) in [5, 5.41) is 0. The molecular formula is C21H22N4O. The van der Waals surface area contributed by atoms with E-state index in [1.807, 2.05) is 39.8 Å². The molecule has 0 saturated carbocycles. The zero-order valence-electron chi connectivity index (χ0n) is 14.9. The van der Waals surface area contributed by atoms with Gasteiger partial charge in [-0.3, -0.25) is 9.36 Å². The number of nitrogens with zero attached hydrogens (tertiary/aromatic N) is 4. The molecule has 1 fully saturated rings. The molecule has 2 aromatic carbocycles. The van der Waals surface area contributed by atoms with Crippen molar-refractivity contribution in [1.82, 2.24) is 14.5 Å².